The van der Waals surface area contributed by atoms with Gasteiger partial charge in [-0.25, -0.2) is 0 Å². The van der Waals surface area contributed by atoms with E-state index in [4.69, 9.17) is 0 Å². The zero-order chi connectivity index (χ0) is 20.9. The van der Waals surface area contributed by atoms with Crippen molar-refractivity contribution >= 4 is 22.6 Å². The van der Waals surface area contributed by atoms with Gasteiger partial charge in [-0.05, 0) is 52.9 Å². The van der Waals surface area contributed by atoms with Crippen LogP contribution in [0, 0.1) is 5.41 Å². The molecule has 1 aromatic heterocycles. The number of nitrogens with zero attached hydrogens (tertiary/aromatic N) is 3. The molecule has 0 unspecified atom stereocenters. The lowest BCUT2D eigenvalue weighted by molar-refractivity contribution is -0.137. The first-order valence-corrected chi connectivity index (χ1v) is 10.7. The Morgan fingerprint density at radius 3 is 2.07 bits per heavy atom. The molecule has 3 aromatic rings. The van der Waals surface area contributed by atoms with Crippen LogP contribution in [0.3, 0.4) is 0 Å². The fourth-order valence-corrected chi connectivity index (χ4v) is 4.34. The number of benzene rings is 2. The highest BCUT2D eigenvalue weighted by Crippen LogP contribution is 2.46. The Bertz CT molecular complexity index is 1120. The number of hydrogen-bond acceptors (Lipinski definition) is 2. The van der Waals surface area contributed by atoms with Crippen LogP contribution in [0.2, 0.25) is 0 Å². The quantitative estimate of drug-likeness (QED) is 0.668. The largest absolute Gasteiger partial charge is 0.356 e. The molecule has 5 heteroatoms. The van der Waals surface area contributed by atoms with Gasteiger partial charge in [-0.1, -0.05) is 31.2 Å². The fraction of sp³-hybridized carbons (Fsp3) is 0.360. The number of fused-ring (bicyclic) bond motifs is 1. The number of hydrogen-bond donors (Lipinski definition) is 0. The summed E-state index contributed by atoms with van der Waals surface area (Å²) in [5, 5.41) is 2.43. The number of aryl methyl sites for hydroxylation is 1. The number of piperazine rings is 1. The van der Waals surface area contributed by atoms with E-state index in [0.29, 0.717) is 31.7 Å². The minimum absolute atomic E-state index is 0.0461. The molecule has 2 aliphatic rings. The third-order valence-electron chi connectivity index (χ3n) is 6.61. The Morgan fingerprint density at radius 2 is 1.40 bits per heavy atom. The second-order valence-corrected chi connectivity index (χ2v) is 8.99. The van der Waals surface area contributed by atoms with Crippen LogP contribution in [0.1, 0.15) is 30.1 Å². The summed E-state index contributed by atoms with van der Waals surface area (Å²) in [7, 11) is 2.03. The van der Waals surface area contributed by atoms with Crippen molar-refractivity contribution in [2.24, 2.45) is 12.5 Å². The highest BCUT2D eigenvalue weighted by Gasteiger charge is 2.47. The van der Waals surface area contributed by atoms with E-state index in [-0.39, 0.29) is 17.2 Å². The van der Waals surface area contributed by atoms with E-state index in [1.54, 1.807) is 0 Å². The van der Waals surface area contributed by atoms with Crippen molar-refractivity contribution in [1.82, 2.24) is 14.4 Å². The van der Waals surface area contributed by atoms with E-state index in [9.17, 15) is 9.59 Å². The van der Waals surface area contributed by atoms with Gasteiger partial charge in [-0.3, -0.25) is 9.59 Å². The fourth-order valence-electron chi connectivity index (χ4n) is 4.34. The van der Waals surface area contributed by atoms with E-state index in [1.165, 1.54) is 10.8 Å². The van der Waals surface area contributed by atoms with E-state index >= 15 is 0 Å². The van der Waals surface area contributed by atoms with Crippen molar-refractivity contribution in [2.45, 2.75) is 19.8 Å². The summed E-state index contributed by atoms with van der Waals surface area (Å²) in [6, 6.07) is 14.3. The first kappa shape index (κ1) is 18.9. The molecule has 5 rings (SSSR count). The molecule has 0 bridgehead atoms. The number of carbonyl (C=O) groups is 2. The molecule has 0 spiro atoms. The molecule has 0 radical (unpaired) electrons. The van der Waals surface area contributed by atoms with Gasteiger partial charge in [0.25, 0.3) is 5.91 Å². The third kappa shape index (κ3) is 3.38. The Kier molecular flexibility index (Phi) is 4.42. The Balaban J connectivity index is 1.26. The van der Waals surface area contributed by atoms with Crippen LogP contribution in [0.4, 0.5) is 0 Å². The lowest BCUT2D eigenvalue weighted by Gasteiger charge is -2.36. The molecule has 1 saturated carbocycles. The lowest BCUT2D eigenvalue weighted by Crippen LogP contribution is -2.52. The normalized spacial score (nSPS) is 17.9. The smallest absolute Gasteiger partial charge is 0.253 e. The minimum Gasteiger partial charge on any atom is -0.356 e. The molecular weight excluding hydrogens is 374 g/mol. The number of carbonyl (C=O) groups excluding carboxylic acids is 2. The van der Waals surface area contributed by atoms with Crippen LogP contribution in [-0.2, 0) is 11.8 Å². The number of rotatable bonds is 3. The van der Waals surface area contributed by atoms with Gasteiger partial charge in [-0.15, -0.1) is 0 Å². The zero-order valence-corrected chi connectivity index (χ0v) is 17.6. The predicted molar refractivity (Wildman–Crippen MR) is 118 cm³/mol. The van der Waals surface area contributed by atoms with Crippen molar-refractivity contribution in [1.29, 1.82) is 0 Å². The van der Waals surface area contributed by atoms with Gasteiger partial charge >= 0.3 is 0 Å². The monoisotopic (exact) mass is 401 g/mol. The Labute approximate surface area is 176 Å². The van der Waals surface area contributed by atoms with Crippen LogP contribution in [0.5, 0.6) is 0 Å². The standard InChI is InChI=1S/C25H27N3O2/c1-25(9-10-25)24(30)28-13-11-27(12-14-28)23(29)19-5-3-18(4-6-19)20-7-8-21-16-26(2)17-22(21)15-20/h3-8,15-17H,9-14H2,1-2H3. The summed E-state index contributed by atoms with van der Waals surface area (Å²) in [6.07, 6.45) is 6.22. The van der Waals surface area contributed by atoms with Gasteiger partial charge < -0.3 is 14.4 Å². The van der Waals surface area contributed by atoms with Crippen LogP contribution in [0.25, 0.3) is 21.9 Å². The molecule has 0 atom stereocenters. The summed E-state index contributed by atoms with van der Waals surface area (Å²) in [6.45, 7) is 4.52. The molecule has 1 aliphatic heterocycles. The maximum Gasteiger partial charge on any atom is 0.253 e. The summed E-state index contributed by atoms with van der Waals surface area (Å²) in [4.78, 5) is 29.2. The van der Waals surface area contributed by atoms with Gasteiger partial charge in [0.1, 0.15) is 0 Å². The molecule has 1 aliphatic carbocycles. The zero-order valence-electron chi connectivity index (χ0n) is 17.6. The second kappa shape index (κ2) is 7.01. The summed E-state index contributed by atoms with van der Waals surface area (Å²) < 4.78 is 2.06. The van der Waals surface area contributed by atoms with Gasteiger partial charge in [0, 0.05) is 56.6 Å². The van der Waals surface area contributed by atoms with Crippen molar-refractivity contribution in [3.63, 3.8) is 0 Å². The summed E-state index contributed by atoms with van der Waals surface area (Å²) in [5.74, 6) is 0.305. The SMILES string of the molecule is Cn1cc2ccc(-c3ccc(C(=O)N4CCN(C(=O)C5(C)CC5)CC4)cc3)cc2c1. The molecule has 5 nitrogen and oxygen atoms in total. The van der Waals surface area contributed by atoms with Crippen molar-refractivity contribution in [3.8, 4) is 11.1 Å². The molecule has 30 heavy (non-hydrogen) atoms. The van der Waals surface area contributed by atoms with Crippen LogP contribution < -0.4 is 0 Å². The topological polar surface area (TPSA) is 45.6 Å². The molecule has 2 aromatic carbocycles. The van der Waals surface area contributed by atoms with E-state index in [1.807, 2.05) is 48.0 Å². The second-order valence-electron chi connectivity index (χ2n) is 8.99. The first-order chi connectivity index (χ1) is 14.4. The van der Waals surface area contributed by atoms with Crippen LogP contribution in [0.15, 0.2) is 54.9 Å². The minimum atomic E-state index is -0.134. The number of aromatic nitrogens is 1. The molecule has 1 saturated heterocycles. The van der Waals surface area contributed by atoms with Crippen LogP contribution in [-0.4, -0.2) is 52.4 Å². The molecule has 2 heterocycles. The maximum atomic E-state index is 12.9. The Hall–Kier alpha value is -3.08. The molecule has 154 valence electrons. The lowest BCUT2D eigenvalue weighted by atomic mass is 10.0. The van der Waals surface area contributed by atoms with E-state index in [2.05, 4.69) is 35.2 Å². The molecule has 2 fully saturated rings. The van der Waals surface area contributed by atoms with Crippen molar-refractivity contribution in [3.05, 3.63) is 60.4 Å². The molecule has 0 N–H and O–H groups in total. The summed E-state index contributed by atoms with van der Waals surface area (Å²) >= 11 is 0. The highest BCUT2D eigenvalue weighted by atomic mass is 16.2. The van der Waals surface area contributed by atoms with E-state index in [0.717, 1.165) is 24.0 Å². The first-order valence-electron chi connectivity index (χ1n) is 10.7. The molecular formula is C25H27N3O2. The van der Waals surface area contributed by atoms with Gasteiger partial charge in [0.05, 0.1) is 0 Å². The third-order valence-corrected chi connectivity index (χ3v) is 6.61. The van der Waals surface area contributed by atoms with Crippen LogP contribution >= 0.6 is 0 Å². The van der Waals surface area contributed by atoms with Crippen molar-refractivity contribution < 1.29 is 9.59 Å². The summed E-state index contributed by atoms with van der Waals surface area (Å²) in [5.41, 5.74) is 2.82. The van der Waals surface area contributed by atoms with Gasteiger partial charge in [-0.2, -0.15) is 0 Å². The average Bonchev–Trinajstić information content (AvgIpc) is 3.41. The van der Waals surface area contributed by atoms with Gasteiger partial charge in [0.2, 0.25) is 5.91 Å². The van der Waals surface area contributed by atoms with E-state index < -0.39 is 0 Å². The highest BCUT2D eigenvalue weighted by molar-refractivity contribution is 5.95. The molecule has 2 amide bonds. The number of amides is 2. The maximum absolute atomic E-state index is 12.9. The van der Waals surface area contributed by atoms with Gasteiger partial charge in [0.15, 0.2) is 0 Å². The predicted octanol–water partition coefficient (Wildman–Crippen LogP) is 3.93. The average molecular weight is 402 g/mol. The van der Waals surface area contributed by atoms with Crippen molar-refractivity contribution in [2.75, 3.05) is 26.2 Å². The Morgan fingerprint density at radius 1 is 0.800 bits per heavy atom.